The van der Waals surface area contributed by atoms with Gasteiger partial charge in [-0.2, -0.15) is 0 Å². The molecule has 2 nitrogen and oxygen atoms in total. The van der Waals surface area contributed by atoms with Crippen LogP contribution in [0.25, 0.3) is 0 Å². The van der Waals surface area contributed by atoms with Crippen LogP contribution in [0.5, 0.6) is 0 Å². The zero-order valence-electron chi connectivity index (χ0n) is 11.5. The molecule has 1 aromatic carbocycles. The van der Waals surface area contributed by atoms with Crippen molar-refractivity contribution in [3.63, 3.8) is 0 Å². The molecule has 0 aliphatic carbocycles. The van der Waals surface area contributed by atoms with Gasteiger partial charge in [-0.15, -0.1) is 11.3 Å². The summed E-state index contributed by atoms with van der Waals surface area (Å²) >= 11 is 1.73. The quantitative estimate of drug-likeness (QED) is 0.847. The van der Waals surface area contributed by atoms with Crippen LogP contribution in [0, 0.1) is 0 Å². The Morgan fingerprint density at radius 2 is 1.95 bits per heavy atom. The Balaban J connectivity index is 2.11. The van der Waals surface area contributed by atoms with Gasteiger partial charge in [0.05, 0.1) is 12.1 Å². The number of aryl methyl sites for hydroxylation is 1. The first-order valence-electron chi connectivity index (χ1n) is 6.65. The van der Waals surface area contributed by atoms with Gasteiger partial charge in [0.15, 0.2) is 0 Å². The van der Waals surface area contributed by atoms with Crippen LogP contribution >= 0.6 is 11.3 Å². The van der Waals surface area contributed by atoms with Crippen molar-refractivity contribution in [2.24, 2.45) is 0 Å². The highest BCUT2D eigenvalue weighted by molar-refractivity contribution is 7.09. The number of thiophene rings is 1. The van der Waals surface area contributed by atoms with Crippen LogP contribution in [0.4, 0.5) is 0 Å². The molecule has 0 radical (unpaired) electrons. The number of hydrogen-bond acceptors (Lipinski definition) is 3. The Morgan fingerprint density at radius 3 is 2.47 bits per heavy atom. The second kappa shape index (κ2) is 6.33. The Morgan fingerprint density at radius 1 is 1.21 bits per heavy atom. The summed E-state index contributed by atoms with van der Waals surface area (Å²) in [4.78, 5) is 1.28. The lowest BCUT2D eigenvalue weighted by atomic mass is 9.91. The van der Waals surface area contributed by atoms with Gasteiger partial charge in [0, 0.05) is 11.4 Å². The molecule has 0 amide bonds. The van der Waals surface area contributed by atoms with Crippen LogP contribution in [-0.2, 0) is 18.5 Å². The van der Waals surface area contributed by atoms with E-state index in [1.165, 1.54) is 10.4 Å². The molecule has 1 heterocycles. The van der Waals surface area contributed by atoms with Crippen LogP contribution in [0.1, 0.15) is 29.9 Å². The topological polar surface area (TPSA) is 32.3 Å². The number of benzene rings is 1. The zero-order chi connectivity index (χ0) is 13.7. The van der Waals surface area contributed by atoms with Crippen LogP contribution in [0.2, 0.25) is 0 Å². The molecule has 0 fully saturated rings. The number of rotatable bonds is 6. The van der Waals surface area contributed by atoms with Gasteiger partial charge in [-0.3, -0.25) is 0 Å². The van der Waals surface area contributed by atoms with Crippen LogP contribution in [-0.4, -0.2) is 11.7 Å². The number of aliphatic hydroxyl groups excluding tert-OH is 1. The Kier molecular flexibility index (Phi) is 4.75. The van der Waals surface area contributed by atoms with Crippen LogP contribution in [0.3, 0.4) is 0 Å². The molecule has 0 aliphatic heterocycles. The molecule has 102 valence electrons. The molecule has 0 aliphatic rings. The van der Waals surface area contributed by atoms with Gasteiger partial charge >= 0.3 is 0 Å². The SMILES string of the molecule is CCc1ccc(C(C)(CO)NCc2cccs2)cc1. The third-order valence-corrected chi connectivity index (χ3v) is 4.42. The molecule has 0 saturated carbocycles. The van der Waals surface area contributed by atoms with E-state index in [1.807, 2.05) is 13.0 Å². The normalized spacial score (nSPS) is 14.3. The Bertz CT molecular complexity index is 492. The molecule has 2 N–H and O–H groups in total. The first-order valence-corrected chi connectivity index (χ1v) is 7.53. The number of nitrogens with one attached hydrogen (secondary N) is 1. The van der Waals surface area contributed by atoms with Crippen LogP contribution in [0.15, 0.2) is 41.8 Å². The summed E-state index contributed by atoms with van der Waals surface area (Å²) in [7, 11) is 0. The molecule has 3 heteroatoms. The molecule has 2 aromatic rings. The van der Waals surface area contributed by atoms with E-state index in [0.717, 1.165) is 18.5 Å². The molecular weight excluding hydrogens is 254 g/mol. The fourth-order valence-corrected chi connectivity index (χ4v) is 2.70. The highest BCUT2D eigenvalue weighted by atomic mass is 32.1. The van der Waals surface area contributed by atoms with Gasteiger partial charge in [-0.25, -0.2) is 0 Å². The maximum atomic E-state index is 9.73. The fraction of sp³-hybridized carbons (Fsp3) is 0.375. The van der Waals surface area contributed by atoms with E-state index in [1.54, 1.807) is 11.3 Å². The average Bonchev–Trinajstić information content (AvgIpc) is 2.98. The molecule has 0 spiro atoms. The first-order chi connectivity index (χ1) is 9.18. The molecule has 1 unspecified atom stereocenters. The maximum absolute atomic E-state index is 9.73. The van der Waals surface area contributed by atoms with Gasteiger partial charge in [0.2, 0.25) is 0 Å². The van der Waals surface area contributed by atoms with Crippen molar-refractivity contribution in [3.8, 4) is 0 Å². The summed E-state index contributed by atoms with van der Waals surface area (Å²) in [6, 6.07) is 12.6. The lowest BCUT2D eigenvalue weighted by Gasteiger charge is -2.29. The third-order valence-electron chi connectivity index (χ3n) is 3.55. The second-order valence-corrected chi connectivity index (χ2v) is 6.01. The van der Waals surface area contributed by atoms with E-state index >= 15 is 0 Å². The van der Waals surface area contributed by atoms with E-state index in [9.17, 15) is 5.11 Å². The number of hydrogen-bond donors (Lipinski definition) is 2. The summed E-state index contributed by atoms with van der Waals surface area (Å²) in [6.45, 7) is 5.06. The lowest BCUT2D eigenvalue weighted by Crippen LogP contribution is -2.42. The average molecular weight is 275 g/mol. The van der Waals surface area contributed by atoms with Crippen molar-refractivity contribution in [2.45, 2.75) is 32.4 Å². The van der Waals surface area contributed by atoms with Crippen molar-refractivity contribution in [1.82, 2.24) is 5.32 Å². The zero-order valence-corrected chi connectivity index (χ0v) is 12.3. The van der Waals surface area contributed by atoms with Gasteiger partial charge in [0.25, 0.3) is 0 Å². The van der Waals surface area contributed by atoms with Crippen molar-refractivity contribution in [3.05, 3.63) is 57.8 Å². The minimum absolute atomic E-state index is 0.0871. The molecular formula is C16H21NOS. The molecule has 2 rings (SSSR count). The molecule has 0 saturated heterocycles. The van der Waals surface area contributed by atoms with E-state index in [0.29, 0.717) is 0 Å². The predicted molar refractivity (Wildman–Crippen MR) is 81.4 cm³/mol. The highest BCUT2D eigenvalue weighted by Gasteiger charge is 2.25. The van der Waals surface area contributed by atoms with Gasteiger partial charge in [-0.1, -0.05) is 37.3 Å². The van der Waals surface area contributed by atoms with Gasteiger partial charge < -0.3 is 10.4 Å². The van der Waals surface area contributed by atoms with Crippen LogP contribution < -0.4 is 5.32 Å². The lowest BCUT2D eigenvalue weighted by molar-refractivity contribution is 0.174. The summed E-state index contributed by atoms with van der Waals surface area (Å²) in [5.74, 6) is 0. The predicted octanol–water partition coefficient (Wildman–Crippen LogP) is 3.31. The van der Waals surface area contributed by atoms with Crippen molar-refractivity contribution >= 4 is 11.3 Å². The fourth-order valence-electron chi connectivity index (χ4n) is 2.05. The largest absolute Gasteiger partial charge is 0.394 e. The maximum Gasteiger partial charge on any atom is 0.0652 e. The van der Waals surface area contributed by atoms with Gasteiger partial charge in [0.1, 0.15) is 0 Å². The minimum atomic E-state index is -0.393. The first kappa shape index (κ1) is 14.3. The Labute approximate surface area is 119 Å². The van der Waals surface area contributed by atoms with E-state index < -0.39 is 5.54 Å². The highest BCUT2D eigenvalue weighted by Crippen LogP contribution is 2.22. The monoisotopic (exact) mass is 275 g/mol. The second-order valence-electron chi connectivity index (χ2n) is 4.97. The van der Waals surface area contributed by atoms with E-state index in [-0.39, 0.29) is 6.61 Å². The molecule has 1 atom stereocenters. The molecule has 19 heavy (non-hydrogen) atoms. The Hall–Kier alpha value is -1.16. The summed E-state index contributed by atoms with van der Waals surface area (Å²) in [5.41, 5.74) is 2.06. The summed E-state index contributed by atoms with van der Waals surface area (Å²) in [5, 5.41) is 15.3. The van der Waals surface area contributed by atoms with Crippen molar-refractivity contribution in [1.29, 1.82) is 0 Å². The molecule has 0 bridgehead atoms. The van der Waals surface area contributed by atoms with Crippen molar-refractivity contribution < 1.29 is 5.11 Å². The third kappa shape index (κ3) is 3.44. The number of aliphatic hydroxyl groups is 1. The standard InChI is InChI=1S/C16H21NOS/c1-3-13-6-8-14(9-7-13)16(2,12-18)17-11-15-5-4-10-19-15/h4-10,17-18H,3,11-12H2,1-2H3. The molecule has 1 aromatic heterocycles. The smallest absolute Gasteiger partial charge is 0.0652 e. The summed E-state index contributed by atoms with van der Waals surface area (Å²) < 4.78 is 0. The summed E-state index contributed by atoms with van der Waals surface area (Å²) in [6.07, 6.45) is 1.04. The van der Waals surface area contributed by atoms with Gasteiger partial charge in [-0.05, 0) is 35.9 Å². The van der Waals surface area contributed by atoms with E-state index in [4.69, 9.17) is 0 Å². The van der Waals surface area contributed by atoms with Crippen molar-refractivity contribution in [2.75, 3.05) is 6.61 Å². The minimum Gasteiger partial charge on any atom is -0.394 e. The van der Waals surface area contributed by atoms with E-state index in [2.05, 4.69) is 48.0 Å².